The molecule has 4 rings (SSSR count). The molecule has 3 aromatic rings. The van der Waals surface area contributed by atoms with Crippen LogP contribution < -0.4 is 5.32 Å². The van der Waals surface area contributed by atoms with Gasteiger partial charge in [-0.1, -0.05) is 141 Å². The van der Waals surface area contributed by atoms with Gasteiger partial charge in [-0.3, -0.25) is 0 Å². The first-order chi connectivity index (χ1) is 19.8. The second-order valence-electron chi connectivity index (χ2n) is 9.28. The normalized spacial score (nSPS) is 14.8. The topological polar surface area (TPSA) is 53.9 Å². The second-order valence-corrected chi connectivity index (χ2v) is 16.1. The van der Waals surface area contributed by atoms with Crippen LogP contribution in [0.1, 0.15) is 41.8 Å². The van der Waals surface area contributed by atoms with Gasteiger partial charge < -0.3 is 10.2 Å². The molecular formula is C26H23Cl9F3N5. The molecule has 0 aliphatic carbocycles. The summed E-state index contributed by atoms with van der Waals surface area (Å²) in [6.07, 6.45) is -1.20. The Morgan fingerprint density at radius 1 is 0.698 bits per heavy atom. The Hall–Kier alpha value is -0.390. The summed E-state index contributed by atoms with van der Waals surface area (Å²) in [6, 6.07) is 11.1. The van der Waals surface area contributed by atoms with E-state index >= 15 is 0 Å². The number of hydrogen-bond donors (Lipinski definition) is 1. The summed E-state index contributed by atoms with van der Waals surface area (Å²) in [5.41, 5.74) is 0.393. The van der Waals surface area contributed by atoms with E-state index in [0.717, 1.165) is 38.2 Å². The molecule has 1 N–H and O–H groups in total. The average Bonchev–Trinajstić information content (AvgIpc) is 3.43. The lowest BCUT2D eigenvalue weighted by molar-refractivity contribution is -0.137. The molecule has 1 fully saturated rings. The van der Waals surface area contributed by atoms with E-state index in [9.17, 15) is 13.2 Å². The van der Waals surface area contributed by atoms with Crippen LogP contribution in [-0.4, -0.2) is 46.0 Å². The molecule has 17 heteroatoms. The predicted molar refractivity (Wildman–Crippen MR) is 173 cm³/mol. The molecule has 236 valence electrons. The Labute approximate surface area is 292 Å². The zero-order valence-corrected chi connectivity index (χ0v) is 28.7. The van der Waals surface area contributed by atoms with Crippen LogP contribution in [0, 0.1) is 0 Å². The average molecular weight is 782 g/mol. The standard InChI is InChI=1S/C18H19Cl3F3N5.C8H4Cl6/c19-17(20,21)15-26-14(12-5-3-6-13(11-12)18(22,23)24)27-16(28-15)25-7-4-10-29-8-1-2-9-29;9-7(10,11)5-1-2-6(4-3-5)8(12,13)14/h3,5-6,11H,1-2,4,7-10H2,(H,25,26,27,28);1-4H. The minimum absolute atomic E-state index is 0.00512. The highest BCUT2D eigenvalue weighted by Gasteiger charge is 2.32. The molecule has 5 nitrogen and oxygen atoms in total. The van der Waals surface area contributed by atoms with Crippen LogP contribution in [-0.2, 0) is 17.6 Å². The maximum Gasteiger partial charge on any atom is 0.416 e. The number of hydrogen-bond acceptors (Lipinski definition) is 5. The molecule has 0 spiro atoms. The van der Waals surface area contributed by atoms with Gasteiger partial charge in [-0.15, -0.1) is 0 Å². The van der Waals surface area contributed by atoms with Crippen molar-refractivity contribution in [2.75, 3.05) is 31.5 Å². The van der Waals surface area contributed by atoms with Crippen molar-refractivity contribution in [3.63, 3.8) is 0 Å². The molecule has 2 heterocycles. The van der Waals surface area contributed by atoms with Gasteiger partial charge in [0, 0.05) is 23.2 Å². The number of likely N-dealkylation sites (tertiary alicyclic amines) is 1. The van der Waals surface area contributed by atoms with Gasteiger partial charge >= 0.3 is 6.18 Å². The third-order valence-corrected chi connectivity index (χ3v) is 7.83. The highest BCUT2D eigenvalue weighted by Crippen LogP contribution is 2.42. The number of alkyl halides is 12. The Kier molecular flexibility index (Phi) is 13.3. The van der Waals surface area contributed by atoms with E-state index in [-0.39, 0.29) is 23.2 Å². The summed E-state index contributed by atoms with van der Waals surface area (Å²) in [4.78, 5) is 14.8. The molecule has 1 aliphatic rings. The Morgan fingerprint density at radius 3 is 1.74 bits per heavy atom. The fourth-order valence-electron chi connectivity index (χ4n) is 3.90. The van der Waals surface area contributed by atoms with Crippen molar-refractivity contribution in [3.8, 4) is 11.4 Å². The van der Waals surface area contributed by atoms with Gasteiger partial charge in [0.25, 0.3) is 0 Å². The molecule has 0 saturated carbocycles. The van der Waals surface area contributed by atoms with Crippen molar-refractivity contribution in [2.45, 2.75) is 36.8 Å². The van der Waals surface area contributed by atoms with E-state index in [4.69, 9.17) is 104 Å². The molecule has 1 aliphatic heterocycles. The van der Waals surface area contributed by atoms with Crippen molar-refractivity contribution in [2.24, 2.45) is 0 Å². The summed E-state index contributed by atoms with van der Waals surface area (Å²) in [7, 11) is 0. The van der Waals surface area contributed by atoms with E-state index in [1.165, 1.54) is 25.0 Å². The number of anilines is 1. The third-order valence-electron chi connectivity index (χ3n) is 6.01. The van der Waals surface area contributed by atoms with Gasteiger partial charge in [-0.25, -0.2) is 4.98 Å². The maximum atomic E-state index is 13.0. The van der Waals surface area contributed by atoms with Gasteiger partial charge in [0.15, 0.2) is 11.6 Å². The number of benzene rings is 2. The number of nitrogens with one attached hydrogen (secondary N) is 1. The van der Waals surface area contributed by atoms with Crippen molar-refractivity contribution < 1.29 is 13.2 Å². The molecule has 1 aromatic heterocycles. The molecular weight excluding hydrogens is 758 g/mol. The predicted octanol–water partition coefficient (Wildman–Crippen LogP) is 10.6. The maximum absolute atomic E-state index is 13.0. The van der Waals surface area contributed by atoms with Crippen molar-refractivity contribution in [1.82, 2.24) is 19.9 Å². The summed E-state index contributed by atoms with van der Waals surface area (Å²) in [6.45, 7) is 3.71. The lowest BCUT2D eigenvalue weighted by Gasteiger charge is -2.16. The Bertz CT molecular complexity index is 1300. The number of halogens is 12. The van der Waals surface area contributed by atoms with Crippen LogP contribution in [0.2, 0.25) is 0 Å². The number of rotatable bonds is 6. The first-order valence-corrected chi connectivity index (χ1v) is 16.0. The second kappa shape index (κ2) is 15.5. The summed E-state index contributed by atoms with van der Waals surface area (Å²) in [5.74, 6) is -0.0171. The first-order valence-electron chi connectivity index (χ1n) is 12.6. The molecule has 0 radical (unpaired) electrons. The lowest BCUT2D eigenvalue weighted by Crippen LogP contribution is -2.23. The van der Waals surface area contributed by atoms with E-state index in [0.29, 0.717) is 17.7 Å². The first kappa shape index (κ1) is 37.1. The highest BCUT2D eigenvalue weighted by atomic mass is 35.6. The van der Waals surface area contributed by atoms with Gasteiger partial charge in [0.2, 0.25) is 17.3 Å². The van der Waals surface area contributed by atoms with Crippen LogP contribution in [0.25, 0.3) is 11.4 Å². The minimum atomic E-state index is -4.49. The molecule has 0 bridgehead atoms. The monoisotopic (exact) mass is 777 g/mol. The number of nitrogens with zero attached hydrogens (tertiary/aromatic N) is 4. The summed E-state index contributed by atoms with van der Waals surface area (Å²) < 4.78 is 34.3. The molecule has 0 amide bonds. The van der Waals surface area contributed by atoms with E-state index < -0.39 is 23.1 Å². The van der Waals surface area contributed by atoms with Crippen molar-refractivity contribution in [3.05, 3.63) is 71.0 Å². The zero-order valence-electron chi connectivity index (χ0n) is 21.9. The largest absolute Gasteiger partial charge is 0.416 e. The van der Waals surface area contributed by atoms with Crippen LogP contribution in [0.15, 0.2) is 48.5 Å². The fourth-order valence-corrected chi connectivity index (χ4v) is 4.91. The smallest absolute Gasteiger partial charge is 0.354 e. The Balaban J connectivity index is 0.000000303. The SMILES string of the molecule is ClC(Cl)(Cl)c1ccc(C(Cl)(Cl)Cl)cc1.FC(F)(F)c1cccc(-c2nc(NCCCN3CCCC3)nc(C(Cl)(Cl)Cl)n2)c1. The quantitative estimate of drug-likeness (QED) is 0.199. The zero-order chi connectivity index (χ0) is 32.1. The van der Waals surface area contributed by atoms with Crippen molar-refractivity contribution in [1.29, 1.82) is 0 Å². The lowest BCUT2D eigenvalue weighted by atomic mass is 10.1. The fraction of sp³-hybridized carbons (Fsp3) is 0.423. The van der Waals surface area contributed by atoms with Gasteiger partial charge in [-0.05, 0) is 51.0 Å². The summed E-state index contributed by atoms with van der Waals surface area (Å²) >= 11 is 51.7. The molecule has 43 heavy (non-hydrogen) atoms. The Morgan fingerprint density at radius 2 is 1.26 bits per heavy atom. The molecule has 0 atom stereocenters. The van der Waals surface area contributed by atoms with Gasteiger partial charge in [-0.2, -0.15) is 23.1 Å². The van der Waals surface area contributed by atoms with Gasteiger partial charge in [0.1, 0.15) is 0 Å². The van der Waals surface area contributed by atoms with Crippen molar-refractivity contribution >= 4 is 110 Å². The summed E-state index contributed by atoms with van der Waals surface area (Å²) in [5, 5.41) is 3.05. The highest BCUT2D eigenvalue weighted by molar-refractivity contribution is 6.67. The van der Waals surface area contributed by atoms with E-state index in [2.05, 4.69) is 25.2 Å². The van der Waals surface area contributed by atoms with Crippen LogP contribution in [0.3, 0.4) is 0 Å². The van der Waals surface area contributed by atoms with Crippen LogP contribution in [0.5, 0.6) is 0 Å². The minimum Gasteiger partial charge on any atom is -0.354 e. The van der Waals surface area contributed by atoms with E-state index in [1.807, 2.05) is 0 Å². The molecule has 0 unspecified atom stereocenters. The molecule has 2 aromatic carbocycles. The van der Waals surface area contributed by atoms with Gasteiger partial charge in [0.05, 0.1) is 5.56 Å². The third kappa shape index (κ3) is 12.0. The number of aromatic nitrogens is 3. The molecule has 1 saturated heterocycles. The van der Waals surface area contributed by atoms with Crippen LogP contribution in [0.4, 0.5) is 19.1 Å². The van der Waals surface area contributed by atoms with E-state index in [1.54, 1.807) is 24.3 Å². The van der Waals surface area contributed by atoms with Crippen LogP contribution >= 0.6 is 104 Å².